The van der Waals surface area contributed by atoms with Crippen molar-refractivity contribution in [3.8, 4) is 0 Å². The molecule has 1 amide bonds. The minimum absolute atomic E-state index is 0.102. The van der Waals surface area contributed by atoms with Crippen LogP contribution in [0, 0.1) is 11.8 Å². The Bertz CT molecular complexity index is 767. The van der Waals surface area contributed by atoms with Crippen LogP contribution < -0.4 is 10.2 Å². The highest BCUT2D eigenvalue weighted by molar-refractivity contribution is 5.80. The maximum Gasteiger partial charge on any atom is 0.223 e. The molecule has 24 heavy (non-hydrogen) atoms. The summed E-state index contributed by atoms with van der Waals surface area (Å²) in [4.78, 5) is 13.9. The Hall–Kier alpha value is -2.18. The highest BCUT2D eigenvalue weighted by Crippen LogP contribution is 2.29. The number of carbonyl (C=O) groups excluding carboxylic acids is 1. The molecule has 0 radical (unpaired) electrons. The predicted molar refractivity (Wildman–Crippen MR) is 90.9 cm³/mol. The van der Waals surface area contributed by atoms with E-state index in [1.54, 1.807) is 0 Å². The summed E-state index contributed by atoms with van der Waals surface area (Å²) in [6, 6.07) is 3.96. The van der Waals surface area contributed by atoms with Crippen molar-refractivity contribution in [3.05, 3.63) is 18.0 Å². The molecule has 7 nitrogen and oxygen atoms in total. The summed E-state index contributed by atoms with van der Waals surface area (Å²) in [7, 11) is 0. The monoisotopic (exact) mass is 328 g/mol. The number of amides is 1. The zero-order valence-electron chi connectivity index (χ0n) is 14.5. The molecule has 0 atom stereocenters. The van der Waals surface area contributed by atoms with Crippen molar-refractivity contribution in [1.82, 2.24) is 25.1 Å². The van der Waals surface area contributed by atoms with E-state index in [-0.39, 0.29) is 17.2 Å². The third kappa shape index (κ3) is 2.83. The number of aromatic nitrogens is 4. The van der Waals surface area contributed by atoms with Crippen LogP contribution in [0.1, 0.15) is 39.4 Å². The molecule has 1 aliphatic carbocycles. The zero-order valence-corrected chi connectivity index (χ0v) is 14.5. The van der Waals surface area contributed by atoms with Gasteiger partial charge in [0.2, 0.25) is 5.91 Å². The Morgan fingerprint density at radius 3 is 2.67 bits per heavy atom. The van der Waals surface area contributed by atoms with Crippen LogP contribution in [0.4, 0.5) is 5.82 Å². The molecule has 1 N–H and O–H groups in total. The van der Waals surface area contributed by atoms with Crippen LogP contribution in [0.3, 0.4) is 0 Å². The fraction of sp³-hybridized carbons (Fsp3) is 0.647. The Morgan fingerprint density at radius 2 is 2.00 bits per heavy atom. The van der Waals surface area contributed by atoms with Crippen LogP contribution in [-0.2, 0) is 10.2 Å². The topological polar surface area (TPSA) is 75.4 Å². The van der Waals surface area contributed by atoms with E-state index < -0.39 is 0 Å². The summed E-state index contributed by atoms with van der Waals surface area (Å²) in [6.45, 7) is 8.96. The first-order valence-electron chi connectivity index (χ1n) is 8.67. The Labute approximate surface area is 141 Å². The van der Waals surface area contributed by atoms with Gasteiger partial charge in [-0.15, -0.1) is 15.3 Å². The number of anilines is 1. The molecule has 2 aromatic heterocycles. The van der Waals surface area contributed by atoms with Gasteiger partial charge in [-0.1, -0.05) is 20.8 Å². The van der Waals surface area contributed by atoms with Crippen molar-refractivity contribution >= 4 is 17.4 Å². The lowest BCUT2D eigenvalue weighted by Crippen LogP contribution is -2.52. The molecule has 0 bridgehead atoms. The number of rotatable bonds is 4. The van der Waals surface area contributed by atoms with E-state index in [4.69, 9.17) is 5.10 Å². The lowest BCUT2D eigenvalue weighted by molar-refractivity contribution is -0.122. The van der Waals surface area contributed by atoms with E-state index >= 15 is 0 Å². The maximum absolute atomic E-state index is 11.7. The molecule has 128 valence electrons. The van der Waals surface area contributed by atoms with E-state index in [0.717, 1.165) is 49.8 Å². The van der Waals surface area contributed by atoms with Gasteiger partial charge in [-0.2, -0.15) is 4.52 Å². The van der Waals surface area contributed by atoms with E-state index in [1.165, 1.54) is 0 Å². The van der Waals surface area contributed by atoms with Crippen LogP contribution in [0.25, 0.3) is 5.65 Å². The lowest BCUT2D eigenvalue weighted by Gasteiger charge is -2.40. The second kappa shape index (κ2) is 5.43. The molecule has 2 aromatic rings. The van der Waals surface area contributed by atoms with Crippen LogP contribution in [0.5, 0.6) is 0 Å². The van der Waals surface area contributed by atoms with E-state index in [0.29, 0.717) is 5.92 Å². The molecule has 2 aliphatic rings. The van der Waals surface area contributed by atoms with Crippen molar-refractivity contribution in [2.45, 2.75) is 39.0 Å². The van der Waals surface area contributed by atoms with Gasteiger partial charge in [0.25, 0.3) is 0 Å². The van der Waals surface area contributed by atoms with Crippen molar-refractivity contribution in [2.75, 3.05) is 24.5 Å². The SMILES string of the molecule is CC(C)(C)c1nnc2ccc(N3CC(CNC(=O)C4CC4)C3)nn12. The first-order chi connectivity index (χ1) is 11.4. The number of carbonyl (C=O) groups is 1. The summed E-state index contributed by atoms with van der Waals surface area (Å²) in [6.07, 6.45) is 2.11. The van der Waals surface area contributed by atoms with Crippen molar-refractivity contribution in [3.63, 3.8) is 0 Å². The minimum atomic E-state index is -0.102. The molecule has 0 aromatic carbocycles. The lowest BCUT2D eigenvalue weighted by atomic mass is 9.96. The number of nitrogens with one attached hydrogen (secondary N) is 1. The fourth-order valence-electron chi connectivity index (χ4n) is 3.04. The van der Waals surface area contributed by atoms with Gasteiger partial charge in [0, 0.05) is 36.9 Å². The number of hydrogen-bond donors (Lipinski definition) is 1. The van der Waals surface area contributed by atoms with E-state index in [1.807, 2.05) is 16.6 Å². The molecule has 1 aliphatic heterocycles. The van der Waals surface area contributed by atoms with Crippen LogP contribution in [0.15, 0.2) is 12.1 Å². The highest BCUT2D eigenvalue weighted by atomic mass is 16.2. The molecule has 0 spiro atoms. The first-order valence-corrected chi connectivity index (χ1v) is 8.67. The minimum Gasteiger partial charge on any atom is -0.355 e. The molecular weight excluding hydrogens is 304 g/mol. The van der Waals surface area contributed by atoms with Gasteiger partial charge < -0.3 is 10.2 Å². The van der Waals surface area contributed by atoms with Crippen molar-refractivity contribution in [1.29, 1.82) is 0 Å². The molecule has 7 heteroatoms. The molecule has 3 heterocycles. The smallest absolute Gasteiger partial charge is 0.223 e. The maximum atomic E-state index is 11.7. The third-order valence-corrected chi connectivity index (χ3v) is 4.71. The molecule has 1 saturated carbocycles. The third-order valence-electron chi connectivity index (χ3n) is 4.71. The van der Waals surface area contributed by atoms with Gasteiger partial charge in [-0.25, -0.2) is 0 Å². The molecule has 1 saturated heterocycles. The van der Waals surface area contributed by atoms with Gasteiger partial charge in [-0.3, -0.25) is 4.79 Å². The second-order valence-electron chi connectivity index (χ2n) is 8.03. The Kier molecular flexibility index (Phi) is 3.47. The number of hydrogen-bond acceptors (Lipinski definition) is 5. The molecule has 4 rings (SSSR count). The largest absolute Gasteiger partial charge is 0.355 e. The standard InChI is InChI=1S/C17H24N6O/c1-17(2,3)16-20-19-13-6-7-14(21-23(13)16)22-9-11(10-22)8-18-15(24)12-4-5-12/h6-7,11-12H,4-5,8-10H2,1-3H3,(H,18,24). The quantitative estimate of drug-likeness (QED) is 0.918. The average Bonchev–Trinajstić information content (AvgIpc) is 3.23. The normalized spacial score (nSPS) is 18.7. The average molecular weight is 328 g/mol. The van der Waals surface area contributed by atoms with Crippen LogP contribution in [0.2, 0.25) is 0 Å². The van der Waals surface area contributed by atoms with Gasteiger partial charge in [0.1, 0.15) is 5.82 Å². The predicted octanol–water partition coefficient (Wildman–Crippen LogP) is 1.38. The second-order valence-corrected chi connectivity index (χ2v) is 8.03. The van der Waals surface area contributed by atoms with Crippen molar-refractivity contribution < 1.29 is 4.79 Å². The van der Waals surface area contributed by atoms with Crippen LogP contribution >= 0.6 is 0 Å². The van der Waals surface area contributed by atoms with Gasteiger partial charge >= 0.3 is 0 Å². The summed E-state index contributed by atoms with van der Waals surface area (Å²) in [5.74, 6) is 2.83. The summed E-state index contributed by atoms with van der Waals surface area (Å²) in [5, 5.41) is 16.3. The molecular formula is C17H24N6O. The first kappa shape index (κ1) is 15.4. The van der Waals surface area contributed by atoms with Gasteiger partial charge in [0.05, 0.1) is 0 Å². The van der Waals surface area contributed by atoms with Gasteiger partial charge in [-0.05, 0) is 25.0 Å². The van der Waals surface area contributed by atoms with Crippen molar-refractivity contribution in [2.24, 2.45) is 11.8 Å². The summed E-state index contributed by atoms with van der Waals surface area (Å²) < 4.78 is 1.84. The molecule has 0 unspecified atom stereocenters. The van der Waals surface area contributed by atoms with Gasteiger partial charge in [0.15, 0.2) is 11.5 Å². The Balaban J connectivity index is 1.41. The van der Waals surface area contributed by atoms with Crippen LogP contribution in [-0.4, -0.2) is 45.4 Å². The summed E-state index contributed by atoms with van der Waals surface area (Å²) in [5.41, 5.74) is 0.674. The van der Waals surface area contributed by atoms with E-state index in [2.05, 4.69) is 41.2 Å². The summed E-state index contributed by atoms with van der Waals surface area (Å²) >= 11 is 0. The molecule has 2 fully saturated rings. The number of fused-ring (bicyclic) bond motifs is 1. The number of nitrogens with zero attached hydrogens (tertiary/aromatic N) is 5. The highest BCUT2D eigenvalue weighted by Gasteiger charge is 2.32. The zero-order chi connectivity index (χ0) is 16.9. The Morgan fingerprint density at radius 1 is 1.25 bits per heavy atom. The van der Waals surface area contributed by atoms with E-state index in [9.17, 15) is 4.79 Å². The fourth-order valence-corrected chi connectivity index (χ4v) is 3.04.